The summed E-state index contributed by atoms with van der Waals surface area (Å²) < 4.78 is 0. The van der Waals surface area contributed by atoms with E-state index in [1.807, 2.05) is 42.2 Å². The van der Waals surface area contributed by atoms with Crippen LogP contribution in [0.25, 0.3) is 0 Å². The van der Waals surface area contributed by atoms with E-state index in [1.165, 1.54) is 12.1 Å². The summed E-state index contributed by atoms with van der Waals surface area (Å²) in [6.07, 6.45) is 0. The van der Waals surface area contributed by atoms with Gasteiger partial charge in [-0.15, -0.1) is 0 Å². The Morgan fingerprint density at radius 2 is 1.68 bits per heavy atom. The topological polar surface area (TPSA) is 89.5 Å². The van der Waals surface area contributed by atoms with Gasteiger partial charge in [0.1, 0.15) is 5.69 Å². The lowest BCUT2D eigenvalue weighted by Gasteiger charge is -2.22. The zero-order valence-electron chi connectivity index (χ0n) is 12.0. The van der Waals surface area contributed by atoms with Gasteiger partial charge in [-0.1, -0.05) is 30.3 Å². The minimum Gasteiger partial charge on any atom is -0.362 e. The third-order valence-corrected chi connectivity index (χ3v) is 3.31. The van der Waals surface area contributed by atoms with E-state index in [9.17, 15) is 20.2 Å². The molecule has 2 aromatic rings. The van der Waals surface area contributed by atoms with E-state index in [-0.39, 0.29) is 11.4 Å². The number of anilines is 1. The number of nitro benzene ring substituents is 2. The number of rotatable bonds is 6. The number of hydrogen-bond acceptors (Lipinski definition) is 5. The lowest BCUT2D eigenvalue weighted by molar-refractivity contribution is -0.393. The van der Waals surface area contributed by atoms with Crippen LogP contribution in [0.2, 0.25) is 0 Å². The van der Waals surface area contributed by atoms with Crippen LogP contribution in [-0.4, -0.2) is 16.4 Å². The first-order valence-electron chi connectivity index (χ1n) is 6.74. The molecule has 0 spiro atoms. The molecule has 22 heavy (non-hydrogen) atoms. The van der Waals surface area contributed by atoms with Crippen molar-refractivity contribution in [3.63, 3.8) is 0 Å². The van der Waals surface area contributed by atoms with Crippen LogP contribution in [0, 0.1) is 20.2 Å². The summed E-state index contributed by atoms with van der Waals surface area (Å²) in [5.74, 6) is 0. The van der Waals surface area contributed by atoms with Crippen molar-refractivity contribution in [3.8, 4) is 0 Å². The Labute approximate surface area is 127 Å². The van der Waals surface area contributed by atoms with Gasteiger partial charge in [-0.2, -0.15) is 0 Å². The molecule has 0 heterocycles. The molecular weight excluding hydrogens is 286 g/mol. The average molecular weight is 301 g/mol. The van der Waals surface area contributed by atoms with Gasteiger partial charge >= 0.3 is 0 Å². The molecule has 0 N–H and O–H groups in total. The number of non-ortho nitro benzene ring substituents is 1. The molecule has 114 valence electrons. The Morgan fingerprint density at radius 3 is 2.23 bits per heavy atom. The first-order chi connectivity index (χ1) is 10.5. The van der Waals surface area contributed by atoms with Gasteiger partial charge in [-0.25, -0.2) is 0 Å². The van der Waals surface area contributed by atoms with Gasteiger partial charge in [0.05, 0.1) is 15.9 Å². The lowest BCUT2D eigenvalue weighted by Crippen LogP contribution is -2.23. The van der Waals surface area contributed by atoms with Crippen LogP contribution in [0.4, 0.5) is 17.1 Å². The van der Waals surface area contributed by atoms with Gasteiger partial charge in [0.25, 0.3) is 11.4 Å². The zero-order chi connectivity index (χ0) is 16.1. The van der Waals surface area contributed by atoms with E-state index in [1.54, 1.807) is 0 Å². The number of hydrogen-bond donors (Lipinski definition) is 0. The van der Waals surface area contributed by atoms with E-state index in [0.29, 0.717) is 18.8 Å². The van der Waals surface area contributed by atoms with E-state index in [2.05, 4.69) is 0 Å². The van der Waals surface area contributed by atoms with Crippen LogP contribution in [0.1, 0.15) is 12.5 Å². The van der Waals surface area contributed by atoms with Crippen LogP contribution in [0.5, 0.6) is 0 Å². The third kappa shape index (κ3) is 3.38. The predicted octanol–water partition coefficient (Wildman–Crippen LogP) is 3.53. The third-order valence-electron chi connectivity index (χ3n) is 3.31. The SMILES string of the molecule is CCN(Cc1ccccc1)c1ccc([N+](=O)[O-])cc1[N+](=O)[O-]. The largest absolute Gasteiger partial charge is 0.362 e. The van der Waals surface area contributed by atoms with E-state index in [4.69, 9.17) is 0 Å². The molecule has 0 aliphatic carbocycles. The molecule has 0 bridgehead atoms. The molecule has 0 radical (unpaired) electrons. The van der Waals surface area contributed by atoms with Crippen LogP contribution in [0.15, 0.2) is 48.5 Å². The van der Waals surface area contributed by atoms with Gasteiger partial charge in [0, 0.05) is 19.2 Å². The van der Waals surface area contributed by atoms with E-state index < -0.39 is 9.85 Å². The molecule has 0 saturated carbocycles. The van der Waals surface area contributed by atoms with Crippen molar-refractivity contribution in [3.05, 3.63) is 74.3 Å². The second-order valence-electron chi connectivity index (χ2n) is 4.69. The van der Waals surface area contributed by atoms with Crippen LogP contribution < -0.4 is 4.90 Å². The van der Waals surface area contributed by atoms with Crippen LogP contribution in [0.3, 0.4) is 0 Å². The Kier molecular flexibility index (Phi) is 4.67. The summed E-state index contributed by atoms with van der Waals surface area (Å²) in [6, 6.07) is 13.3. The molecule has 0 amide bonds. The Morgan fingerprint density at radius 1 is 1.00 bits per heavy atom. The number of nitrogens with zero attached hydrogens (tertiary/aromatic N) is 3. The minimum absolute atomic E-state index is 0.257. The maximum absolute atomic E-state index is 11.2. The molecule has 0 aliphatic rings. The van der Waals surface area contributed by atoms with Crippen LogP contribution in [-0.2, 0) is 6.54 Å². The van der Waals surface area contributed by atoms with Crippen molar-refractivity contribution >= 4 is 17.1 Å². The normalized spacial score (nSPS) is 10.2. The first kappa shape index (κ1) is 15.4. The standard InChI is InChI=1S/C15H15N3O4/c1-2-16(11-12-6-4-3-5-7-12)14-9-8-13(17(19)20)10-15(14)18(21)22/h3-10H,2,11H2,1H3. The Bertz CT molecular complexity index is 688. The molecule has 0 saturated heterocycles. The Balaban J connectivity index is 2.40. The van der Waals surface area contributed by atoms with Crippen molar-refractivity contribution in [1.29, 1.82) is 0 Å². The summed E-state index contributed by atoms with van der Waals surface area (Å²) in [6.45, 7) is 2.93. The summed E-state index contributed by atoms with van der Waals surface area (Å²) in [5.41, 5.74) is 0.845. The van der Waals surface area contributed by atoms with Gasteiger partial charge in [0.2, 0.25) is 0 Å². The second kappa shape index (κ2) is 6.66. The zero-order valence-corrected chi connectivity index (χ0v) is 12.0. The molecule has 2 aromatic carbocycles. The minimum atomic E-state index is -0.635. The summed E-state index contributed by atoms with van der Waals surface area (Å²) >= 11 is 0. The quantitative estimate of drug-likeness (QED) is 0.601. The Hall–Kier alpha value is -2.96. The lowest BCUT2D eigenvalue weighted by atomic mass is 10.1. The van der Waals surface area contributed by atoms with Gasteiger partial charge < -0.3 is 4.90 Å². The van der Waals surface area contributed by atoms with Crippen molar-refractivity contribution in [1.82, 2.24) is 0 Å². The molecule has 0 aromatic heterocycles. The van der Waals surface area contributed by atoms with Gasteiger partial charge in [-0.05, 0) is 18.6 Å². The summed E-state index contributed by atoms with van der Waals surface area (Å²) in [7, 11) is 0. The molecule has 7 nitrogen and oxygen atoms in total. The molecular formula is C15H15N3O4. The fraction of sp³-hybridized carbons (Fsp3) is 0.200. The van der Waals surface area contributed by atoms with Crippen molar-refractivity contribution in [2.45, 2.75) is 13.5 Å². The fourth-order valence-electron chi connectivity index (χ4n) is 2.21. The maximum atomic E-state index is 11.2. The highest BCUT2D eigenvalue weighted by atomic mass is 16.6. The molecule has 0 fully saturated rings. The molecule has 2 rings (SSSR count). The molecule has 0 atom stereocenters. The smallest absolute Gasteiger partial charge is 0.299 e. The van der Waals surface area contributed by atoms with Crippen molar-refractivity contribution in [2.75, 3.05) is 11.4 Å². The average Bonchev–Trinajstić information content (AvgIpc) is 2.53. The highest BCUT2D eigenvalue weighted by Gasteiger charge is 2.22. The van der Waals surface area contributed by atoms with Crippen molar-refractivity contribution < 1.29 is 9.85 Å². The first-order valence-corrected chi connectivity index (χ1v) is 6.74. The number of benzene rings is 2. The van der Waals surface area contributed by atoms with Gasteiger partial charge in [0.15, 0.2) is 0 Å². The fourth-order valence-corrected chi connectivity index (χ4v) is 2.21. The highest BCUT2D eigenvalue weighted by Crippen LogP contribution is 2.32. The summed E-state index contributed by atoms with van der Waals surface area (Å²) in [4.78, 5) is 22.6. The highest BCUT2D eigenvalue weighted by molar-refractivity contribution is 5.66. The molecule has 0 unspecified atom stereocenters. The molecule has 7 heteroatoms. The van der Waals surface area contributed by atoms with Crippen molar-refractivity contribution in [2.24, 2.45) is 0 Å². The second-order valence-corrected chi connectivity index (χ2v) is 4.69. The molecule has 0 aliphatic heterocycles. The van der Waals surface area contributed by atoms with E-state index in [0.717, 1.165) is 11.6 Å². The van der Waals surface area contributed by atoms with E-state index >= 15 is 0 Å². The van der Waals surface area contributed by atoms with Crippen LogP contribution >= 0.6 is 0 Å². The predicted molar refractivity (Wildman–Crippen MR) is 82.9 cm³/mol. The monoisotopic (exact) mass is 301 g/mol. The number of nitro groups is 2. The summed E-state index contributed by atoms with van der Waals surface area (Å²) in [5, 5.41) is 22.0. The maximum Gasteiger partial charge on any atom is 0.299 e. The van der Waals surface area contributed by atoms with Gasteiger partial charge in [-0.3, -0.25) is 20.2 Å².